The summed E-state index contributed by atoms with van der Waals surface area (Å²) in [6.07, 6.45) is 0. The van der Waals surface area contributed by atoms with Crippen LogP contribution in [-0.2, 0) is 5.41 Å². The first-order chi connectivity index (χ1) is 29.0. The standard InChI is InChI=1S/C57H39NO/c1-57(2)51-23-13-11-20-45(51)46-28-26-41(35-52(46)57)58(42-32-38(36-15-5-3-6-16-36)31-39(33-42)37-17-7-4-8-18-37)40-25-27-44-43-19-9-10-21-47(43)55-48(50(44)34-40)29-30-54-56(55)49-22-12-14-24-53(49)59-54/h3-35H,1-2H3. The van der Waals surface area contributed by atoms with E-state index in [1.54, 1.807) is 0 Å². The van der Waals surface area contributed by atoms with Crippen LogP contribution in [0.1, 0.15) is 25.0 Å². The van der Waals surface area contributed by atoms with Gasteiger partial charge < -0.3 is 9.32 Å². The van der Waals surface area contributed by atoms with E-state index in [1.165, 1.54) is 82.2 Å². The molecule has 0 unspecified atom stereocenters. The maximum absolute atomic E-state index is 6.46. The number of para-hydroxylation sites is 1. The van der Waals surface area contributed by atoms with Gasteiger partial charge in [-0.1, -0.05) is 153 Å². The smallest absolute Gasteiger partial charge is 0.136 e. The van der Waals surface area contributed by atoms with E-state index in [0.29, 0.717) is 0 Å². The number of hydrogen-bond acceptors (Lipinski definition) is 2. The first-order valence-corrected chi connectivity index (χ1v) is 20.5. The number of anilines is 3. The van der Waals surface area contributed by atoms with E-state index in [0.717, 1.165) is 33.6 Å². The quantitative estimate of drug-likeness (QED) is 0.163. The molecule has 0 atom stereocenters. The van der Waals surface area contributed by atoms with Crippen molar-refractivity contribution in [1.29, 1.82) is 0 Å². The lowest BCUT2D eigenvalue weighted by atomic mass is 9.82. The van der Waals surface area contributed by atoms with Crippen molar-refractivity contribution in [2.45, 2.75) is 19.3 Å². The summed E-state index contributed by atoms with van der Waals surface area (Å²) in [5.41, 5.74) is 15.1. The minimum atomic E-state index is -0.147. The SMILES string of the molecule is CC1(C)c2ccccc2-c2ccc(N(c3cc(-c4ccccc4)cc(-c4ccccc4)c3)c3ccc4c5ccccc5c5c(ccc6oc7ccccc7c65)c4c3)cc21. The molecular formula is C57H39NO. The zero-order chi connectivity index (χ0) is 39.2. The molecule has 0 N–H and O–H groups in total. The summed E-state index contributed by atoms with van der Waals surface area (Å²) < 4.78 is 6.46. The lowest BCUT2D eigenvalue weighted by Crippen LogP contribution is -2.16. The second kappa shape index (κ2) is 12.8. The van der Waals surface area contributed by atoms with Crippen LogP contribution >= 0.6 is 0 Å². The fourth-order valence-corrected chi connectivity index (χ4v) is 10.00. The van der Waals surface area contributed by atoms with Crippen molar-refractivity contribution in [3.05, 3.63) is 211 Å². The van der Waals surface area contributed by atoms with Gasteiger partial charge in [-0.25, -0.2) is 0 Å². The average molecular weight is 754 g/mol. The molecule has 1 aliphatic rings. The Labute approximate surface area is 343 Å². The Hall–Kier alpha value is -7.42. The Bertz CT molecular complexity index is 3410. The van der Waals surface area contributed by atoms with E-state index < -0.39 is 0 Å². The number of hydrogen-bond donors (Lipinski definition) is 0. The van der Waals surface area contributed by atoms with Gasteiger partial charge in [-0.2, -0.15) is 0 Å². The maximum atomic E-state index is 6.46. The van der Waals surface area contributed by atoms with Crippen LogP contribution in [0.15, 0.2) is 205 Å². The number of fused-ring (bicyclic) bond motifs is 13. The summed E-state index contributed by atoms with van der Waals surface area (Å²) in [4.78, 5) is 2.48. The number of benzene rings is 10. The second-order valence-electron chi connectivity index (χ2n) is 16.5. The van der Waals surface area contributed by atoms with Gasteiger partial charge in [0.25, 0.3) is 0 Å². The van der Waals surface area contributed by atoms with Crippen LogP contribution in [0, 0.1) is 0 Å². The molecule has 11 aromatic rings. The lowest BCUT2D eigenvalue weighted by Gasteiger charge is -2.29. The minimum Gasteiger partial charge on any atom is -0.456 e. The second-order valence-corrected chi connectivity index (χ2v) is 16.5. The molecule has 0 aliphatic heterocycles. The minimum absolute atomic E-state index is 0.147. The van der Waals surface area contributed by atoms with E-state index in [-0.39, 0.29) is 5.41 Å². The van der Waals surface area contributed by atoms with Crippen LogP contribution in [-0.4, -0.2) is 0 Å². The molecule has 0 amide bonds. The van der Waals surface area contributed by atoms with Gasteiger partial charge in [0.2, 0.25) is 0 Å². The van der Waals surface area contributed by atoms with E-state index in [9.17, 15) is 0 Å². The topological polar surface area (TPSA) is 16.4 Å². The van der Waals surface area contributed by atoms with Gasteiger partial charge in [0.1, 0.15) is 11.2 Å². The Kier molecular flexibility index (Phi) is 7.31. The van der Waals surface area contributed by atoms with Crippen molar-refractivity contribution in [3.63, 3.8) is 0 Å². The molecule has 1 heterocycles. The van der Waals surface area contributed by atoms with Crippen molar-refractivity contribution in [2.75, 3.05) is 4.90 Å². The molecule has 1 aliphatic carbocycles. The fraction of sp³-hybridized carbons (Fsp3) is 0.0526. The highest BCUT2D eigenvalue weighted by molar-refractivity contribution is 6.34. The molecular weight excluding hydrogens is 715 g/mol. The van der Waals surface area contributed by atoms with Crippen LogP contribution in [0.5, 0.6) is 0 Å². The van der Waals surface area contributed by atoms with Crippen LogP contribution in [0.2, 0.25) is 0 Å². The van der Waals surface area contributed by atoms with Crippen LogP contribution in [0.4, 0.5) is 17.1 Å². The first kappa shape index (κ1) is 33.7. The predicted octanol–water partition coefficient (Wildman–Crippen LogP) is 16.2. The molecule has 0 bridgehead atoms. The van der Waals surface area contributed by atoms with Gasteiger partial charge in [0.15, 0.2) is 0 Å². The lowest BCUT2D eigenvalue weighted by molar-refractivity contribution is 0.660. The Balaban J connectivity index is 1.16. The summed E-state index contributed by atoms with van der Waals surface area (Å²) in [6, 6.07) is 73.3. The average Bonchev–Trinajstić information content (AvgIpc) is 3.78. The molecule has 0 saturated heterocycles. The highest BCUT2D eigenvalue weighted by atomic mass is 16.3. The summed E-state index contributed by atoms with van der Waals surface area (Å²) in [6.45, 7) is 4.73. The third-order valence-corrected chi connectivity index (χ3v) is 12.8. The number of rotatable bonds is 5. The molecule has 0 saturated carbocycles. The molecule has 0 fully saturated rings. The summed E-state index contributed by atoms with van der Waals surface area (Å²) in [5, 5.41) is 9.68. The van der Waals surface area contributed by atoms with Crippen molar-refractivity contribution < 1.29 is 4.42 Å². The van der Waals surface area contributed by atoms with Gasteiger partial charge in [0, 0.05) is 38.6 Å². The van der Waals surface area contributed by atoms with Crippen LogP contribution < -0.4 is 4.90 Å². The van der Waals surface area contributed by atoms with E-state index in [1.807, 2.05) is 0 Å². The molecule has 10 aromatic carbocycles. The highest BCUT2D eigenvalue weighted by Crippen LogP contribution is 2.52. The molecule has 2 heteroatoms. The number of furan rings is 1. The van der Waals surface area contributed by atoms with Crippen LogP contribution in [0.3, 0.4) is 0 Å². The Morgan fingerprint density at radius 3 is 1.66 bits per heavy atom. The third-order valence-electron chi connectivity index (χ3n) is 12.8. The van der Waals surface area contributed by atoms with Crippen LogP contribution in [0.25, 0.3) is 87.6 Å². The van der Waals surface area contributed by atoms with Gasteiger partial charge in [-0.15, -0.1) is 0 Å². The summed E-state index contributed by atoms with van der Waals surface area (Å²) >= 11 is 0. The van der Waals surface area contributed by atoms with Crippen molar-refractivity contribution in [1.82, 2.24) is 0 Å². The summed E-state index contributed by atoms with van der Waals surface area (Å²) in [5.74, 6) is 0. The third kappa shape index (κ3) is 5.13. The highest BCUT2D eigenvalue weighted by Gasteiger charge is 2.36. The van der Waals surface area contributed by atoms with E-state index in [4.69, 9.17) is 4.42 Å². The molecule has 278 valence electrons. The van der Waals surface area contributed by atoms with Gasteiger partial charge in [0.05, 0.1) is 0 Å². The van der Waals surface area contributed by atoms with E-state index in [2.05, 4.69) is 219 Å². The Morgan fingerprint density at radius 1 is 0.339 bits per heavy atom. The molecule has 59 heavy (non-hydrogen) atoms. The normalized spacial score (nSPS) is 13.1. The molecule has 12 rings (SSSR count). The molecule has 0 spiro atoms. The monoisotopic (exact) mass is 753 g/mol. The summed E-state index contributed by atoms with van der Waals surface area (Å²) in [7, 11) is 0. The molecule has 1 aromatic heterocycles. The molecule has 0 radical (unpaired) electrons. The predicted molar refractivity (Wildman–Crippen MR) is 249 cm³/mol. The zero-order valence-electron chi connectivity index (χ0n) is 32.9. The first-order valence-electron chi connectivity index (χ1n) is 20.5. The maximum Gasteiger partial charge on any atom is 0.136 e. The van der Waals surface area contributed by atoms with Gasteiger partial charge >= 0.3 is 0 Å². The van der Waals surface area contributed by atoms with Gasteiger partial charge in [-0.05, 0) is 132 Å². The largest absolute Gasteiger partial charge is 0.456 e. The number of nitrogens with zero attached hydrogens (tertiary/aromatic N) is 1. The van der Waals surface area contributed by atoms with Crippen molar-refractivity contribution >= 4 is 71.3 Å². The van der Waals surface area contributed by atoms with Gasteiger partial charge in [-0.3, -0.25) is 0 Å². The fourth-order valence-electron chi connectivity index (χ4n) is 10.00. The molecule has 2 nitrogen and oxygen atoms in total. The van der Waals surface area contributed by atoms with Crippen molar-refractivity contribution in [2.24, 2.45) is 0 Å². The van der Waals surface area contributed by atoms with Crippen molar-refractivity contribution in [3.8, 4) is 33.4 Å². The Morgan fingerprint density at radius 2 is 0.898 bits per heavy atom. The zero-order valence-corrected chi connectivity index (χ0v) is 32.9. The van der Waals surface area contributed by atoms with E-state index >= 15 is 0 Å².